The molecule has 0 unspecified atom stereocenters. The van der Waals surface area contributed by atoms with E-state index in [0.29, 0.717) is 12.0 Å². The van der Waals surface area contributed by atoms with Gasteiger partial charge in [-0.15, -0.1) is 0 Å². The minimum Gasteiger partial charge on any atom is -0.296 e. The molecule has 1 heterocycles. The Morgan fingerprint density at radius 1 is 1.12 bits per heavy atom. The van der Waals surface area contributed by atoms with Gasteiger partial charge in [-0.2, -0.15) is 0 Å². The number of pyridine rings is 1. The molecule has 17 heavy (non-hydrogen) atoms. The number of rotatable bonds is 2. The highest BCUT2D eigenvalue weighted by atomic mass is 19.1. The minimum absolute atomic E-state index is 0.148. The third kappa shape index (κ3) is 2.09. The molecule has 0 radical (unpaired) electrons. The molecule has 0 aliphatic carbocycles. The van der Waals surface area contributed by atoms with Crippen molar-refractivity contribution in [2.45, 2.75) is 13.8 Å². The fourth-order valence-corrected chi connectivity index (χ4v) is 1.90. The molecule has 0 aliphatic rings. The van der Waals surface area contributed by atoms with E-state index in [2.05, 4.69) is 4.98 Å². The van der Waals surface area contributed by atoms with Crippen molar-refractivity contribution in [3.63, 3.8) is 0 Å². The second-order valence-corrected chi connectivity index (χ2v) is 3.95. The molecule has 0 saturated heterocycles. The summed E-state index contributed by atoms with van der Waals surface area (Å²) in [6.07, 6.45) is 0.437. The molecule has 2 aromatic rings. The lowest BCUT2D eigenvalue weighted by Gasteiger charge is -2.09. The summed E-state index contributed by atoms with van der Waals surface area (Å²) in [6, 6.07) is 8.76. The van der Waals surface area contributed by atoms with Crippen molar-refractivity contribution in [1.29, 1.82) is 0 Å². The molecule has 0 aliphatic heterocycles. The van der Waals surface area contributed by atoms with E-state index in [4.69, 9.17) is 0 Å². The van der Waals surface area contributed by atoms with Crippen LogP contribution in [0.3, 0.4) is 0 Å². The molecule has 0 bridgehead atoms. The second kappa shape index (κ2) is 4.45. The molecule has 0 atom stereocenters. The zero-order valence-corrected chi connectivity index (χ0v) is 9.70. The van der Waals surface area contributed by atoms with Crippen LogP contribution in [0.5, 0.6) is 0 Å². The van der Waals surface area contributed by atoms with Gasteiger partial charge in [0.2, 0.25) is 0 Å². The highest BCUT2D eigenvalue weighted by Crippen LogP contribution is 2.25. The number of hydrogen-bond donors (Lipinski definition) is 0. The van der Waals surface area contributed by atoms with Crippen LogP contribution in [-0.4, -0.2) is 11.3 Å². The van der Waals surface area contributed by atoms with E-state index < -0.39 is 5.82 Å². The number of halogens is 1. The minimum atomic E-state index is -0.588. The smallest absolute Gasteiger partial charge is 0.171 e. The van der Waals surface area contributed by atoms with Gasteiger partial charge in [-0.25, -0.2) is 9.37 Å². The van der Waals surface area contributed by atoms with Crippen molar-refractivity contribution in [2.24, 2.45) is 0 Å². The Kier molecular flexibility index (Phi) is 3.00. The first-order valence-corrected chi connectivity index (χ1v) is 5.32. The number of carbonyl (C=O) groups excluding carboxylic acids is 1. The van der Waals surface area contributed by atoms with Gasteiger partial charge in [0.1, 0.15) is 5.69 Å². The highest BCUT2D eigenvalue weighted by Gasteiger charge is 2.10. The first-order chi connectivity index (χ1) is 8.13. The zero-order chi connectivity index (χ0) is 12.4. The summed E-state index contributed by atoms with van der Waals surface area (Å²) in [5.74, 6) is -0.588. The monoisotopic (exact) mass is 229 g/mol. The van der Waals surface area contributed by atoms with E-state index >= 15 is 0 Å². The van der Waals surface area contributed by atoms with Gasteiger partial charge in [0.25, 0.3) is 0 Å². The fourth-order valence-electron chi connectivity index (χ4n) is 1.90. The molecule has 3 heteroatoms. The van der Waals surface area contributed by atoms with Crippen LogP contribution in [0.2, 0.25) is 0 Å². The number of aromatic nitrogens is 1. The van der Waals surface area contributed by atoms with Crippen molar-refractivity contribution >= 4 is 6.29 Å². The summed E-state index contributed by atoms with van der Waals surface area (Å²) in [5, 5.41) is 0. The largest absolute Gasteiger partial charge is 0.296 e. The lowest BCUT2D eigenvalue weighted by molar-refractivity contribution is 0.111. The van der Waals surface area contributed by atoms with E-state index in [9.17, 15) is 9.18 Å². The summed E-state index contributed by atoms with van der Waals surface area (Å²) >= 11 is 0. The summed E-state index contributed by atoms with van der Waals surface area (Å²) in [7, 11) is 0. The predicted octanol–water partition coefficient (Wildman–Crippen LogP) is 3.32. The molecular formula is C14H12FNO. The SMILES string of the molecule is Cc1cccc(C)c1-c1ccc(F)c(C=O)n1. The molecule has 0 amide bonds. The number of nitrogens with zero attached hydrogens (tertiary/aromatic N) is 1. The number of aryl methyl sites for hydroxylation is 2. The number of aldehydes is 1. The van der Waals surface area contributed by atoms with Crippen molar-refractivity contribution in [1.82, 2.24) is 4.98 Å². The third-order valence-electron chi connectivity index (χ3n) is 2.72. The summed E-state index contributed by atoms with van der Waals surface area (Å²) < 4.78 is 13.2. The Bertz CT molecular complexity index is 558. The normalized spacial score (nSPS) is 10.3. The molecule has 1 aromatic heterocycles. The van der Waals surface area contributed by atoms with Gasteiger partial charge in [-0.3, -0.25) is 4.79 Å². The standard InChI is InChI=1S/C14H12FNO/c1-9-4-3-5-10(2)14(9)12-7-6-11(15)13(8-17)16-12/h3-8H,1-2H3. The first-order valence-electron chi connectivity index (χ1n) is 5.32. The Balaban J connectivity index is 2.65. The average Bonchev–Trinajstić information content (AvgIpc) is 2.31. The maximum Gasteiger partial charge on any atom is 0.171 e. The summed E-state index contributed by atoms with van der Waals surface area (Å²) in [5.41, 5.74) is 3.55. The Morgan fingerprint density at radius 3 is 2.35 bits per heavy atom. The van der Waals surface area contributed by atoms with Crippen molar-refractivity contribution in [3.8, 4) is 11.3 Å². The van der Waals surface area contributed by atoms with Crippen LogP contribution in [0.4, 0.5) is 4.39 Å². The van der Waals surface area contributed by atoms with E-state index in [0.717, 1.165) is 16.7 Å². The molecule has 0 N–H and O–H groups in total. The van der Waals surface area contributed by atoms with Crippen LogP contribution in [0.1, 0.15) is 21.6 Å². The van der Waals surface area contributed by atoms with Crippen LogP contribution in [-0.2, 0) is 0 Å². The van der Waals surface area contributed by atoms with Gasteiger partial charge in [-0.05, 0) is 37.1 Å². The van der Waals surface area contributed by atoms with E-state index in [1.54, 1.807) is 6.07 Å². The Morgan fingerprint density at radius 2 is 1.76 bits per heavy atom. The molecule has 2 rings (SSSR count). The van der Waals surface area contributed by atoms with Gasteiger partial charge in [0.15, 0.2) is 12.1 Å². The average molecular weight is 229 g/mol. The third-order valence-corrected chi connectivity index (χ3v) is 2.72. The van der Waals surface area contributed by atoms with Crippen LogP contribution >= 0.6 is 0 Å². The van der Waals surface area contributed by atoms with E-state index in [1.807, 2.05) is 32.0 Å². The van der Waals surface area contributed by atoms with E-state index in [-0.39, 0.29) is 5.69 Å². The van der Waals surface area contributed by atoms with Crippen molar-refractivity contribution in [2.75, 3.05) is 0 Å². The Hall–Kier alpha value is -2.03. The van der Waals surface area contributed by atoms with Crippen molar-refractivity contribution in [3.05, 3.63) is 53.0 Å². The molecule has 2 nitrogen and oxygen atoms in total. The van der Waals surface area contributed by atoms with Crippen LogP contribution < -0.4 is 0 Å². The maximum atomic E-state index is 13.2. The first kappa shape index (κ1) is 11.5. The van der Waals surface area contributed by atoms with E-state index in [1.165, 1.54) is 6.07 Å². The van der Waals surface area contributed by atoms with Gasteiger partial charge in [0, 0.05) is 5.56 Å². The lowest BCUT2D eigenvalue weighted by atomic mass is 9.99. The van der Waals surface area contributed by atoms with Crippen LogP contribution in [0, 0.1) is 19.7 Å². The number of benzene rings is 1. The molecule has 86 valence electrons. The quantitative estimate of drug-likeness (QED) is 0.739. The fraction of sp³-hybridized carbons (Fsp3) is 0.143. The van der Waals surface area contributed by atoms with Gasteiger partial charge in [-0.1, -0.05) is 18.2 Å². The summed E-state index contributed by atoms with van der Waals surface area (Å²) in [4.78, 5) is 14.7. The van der Waals surface area contributed by atoms with Gasteiger partial charge >= 0.3 is 0 Å². The molecule has 0 saturated carbocycles. The Labute approximate surface area is 99.1 Å². The summed E-state index contributed by atoms with van der Waals surface area (Å²) in [6.45, 7) is 3.93. The predicted molar refractivity (Wildman–Crippen MR) is 64.5 cm³/mol. The topological polar surface area (TPSA) is 30.0 Å². The van der Waals surface area contributed by atoms with Gasteiger partial charge < -0.3 is 0 Å². The molecule has 0 fully saturated rings. The molecule has 0 spiro atoms. The second-order valence-electron chi connectivity index (χ2n) is 3.95. The van der Waals surface area contributed by atoms with Gasteiger partial charge in [0.05, 0.1) is 5.69 Å². The number of carbonyl (C=O) groups is 1. The van der Waals surface area contributed by atoms with Crippen LogP contribution in [0.15, 0.2) is 30.3 Å². The molecular weight excluding hydrogens is 217 g/mol. The van der Waals surface area contributed by atoms with Crippen molar-refractivity contribution < 1.29 is 9.18 Å². The lowest BCUT2D eigenvalue weighted by Crippen LogP contribution is -1.97. The zero-order valence-electron chi connectivity index (χ0n) is 9.70. The number of hydrogen-bond acceptors (Lipinski definition) is 2. The van der Waals surface area contributed by atoms with Crippen LogP contribution in [0.25, 0.3) is 11.3 Å². The molecule has 1 aromatic carbocycles. The highest BCUT2D eigenvalue weighted by molar-refractivity contribution is 5.75. The maximum absolute atomic E-state index is 13.2.